The number of carboxylic acids is 1. The van der Waals surface area contributed by atoms with Crippen LogP contribution >= 0.6 is 11.8 Å². The second kappa shape index (κ2) is 6.06. The van der Waals surface area contributed by atoms with E-state index in [1.807, 2.05) is 24.3 Å². The maximum absolute atomic E-state index is 11.3. The van der Waals surface area contributed by atoms with Crippen LogP contribution in [0.3, 0.4) is 0 Å². The Bertz CT molecular complexity index is 596. The van der Waals surface area contributed by atoms with E-state index in [4.69, 9.17) is 0 Å². The molecule has 0 spiro atoms. The third-order valence-electron chi connectivity index (χ3n) is 2.90. The quantitative estimate of drug-likeness (QED) is 0.836. The van der Waals surface area contributed by atoms with Gasteiger partial charge in [0.2, 0.25) is 0 Å². The predicted octanol–water partition coefficient (Wildman–Crippen LogP) is 4.07. The van der Waals surface area contributed by atoms with Crippen molar-refractivity contribution in [1.29, 1.82) is 0 Å². The number of carboxylic acid groups (broad SMARTS) is 1. The lowest BCUT2D eigenvalue weighted by Gasteiger charge is -2.10. The van der Waals surface area contributed by atoms with Crippen LogP contribution in [0.25, 0.3) is 10.9 Å². The minimum Gasteiger partial charge on any atom is -0.478 e. The number of carbonyl (C=O) groups is 1. The smallest absolute Gasteiger partial charge is 0.338 e. The minimum atomic E-state index is -0.912. The Kier molecular flexibility index (Phi) is 4.43. The summed E-state index contributed by atoms with van der Waals surface area (Å²) in [4.78, 5) is 16.4. The van der Waals surface area contributed by atoms with Crippen LogP contribution in [-0.4, -0.2) is 21.8 Å². The fourth-order valence-corrected chi connectivity index (χ4v) is 3.24. The minimum absolute atomic E-state index is 0.299. The number of hydrogen-bond acceptors (Lipinski definition) is 3. The first-order valence-corrected chi connectivity index (χ1v) is 7.32. The third-order valence-corrected chi connectivity index (χ3v) is 4.07. The van der Waals surface area contributed by atoms with Crippen molar-refractivity contribution in [3.8, 4) is 0 Å². The SMILES string of the molecule is CC(C)CCSc1c(C(=O)O)cnc2ccccc12. The van der Waals surface area contributed by atoms with Gasteiger partial charge in [0.25, 0.3) is 0 Å². The first kappa shape index (κ1) is 13.9. The van der Waals surface area contributed by atoms with Crippen LogP contribution in [0.5, 0.6) is 0 Å². The summed E-state index contributed by atoms with van der Waals surface area (Å²) >= 11 is 1.61. The van der Waals surface area contributed by atoms with Gasteiger partial charge >= 0.3 is 5.97 Å². The van der Waals surface area contributed by atoms with Gasteiger partial charge in [0, 0.05) is 16.5 Å². The van der Waals surface area contributed by atoms with Gasteiger partial charge in [0.1, 0.15) is 0 Å². The number of thioether (sulfide) groups is 1. The molecular formula is C15H17NO2S. The Morgan fingerprint density at radius 2 is 2.11 bits per heavy atom. The summed E-state index contributed by atoms with van der Waals surface area (Å²) in [5.41, 5.74) is 1.15. The van der Waals surface area contributed by atoms with E-state index in [0.29, 0.717) is 11.5 Å². The molecule has 0 amide bonds. The molecular weight excluding hydrogens is 258 g/mol. The number of rotatable bonds is 5. The summed E-state index contributed by atoms with van der Waals surface area (Å²) in [6.07, 6.45) is 2.53. The van der Waals surface area contributed by atoms with Crippen molar-refractivity contribution in [1.82, 2.24) is 4.98 Å². The third kappa shape index (κ3) is 3.26. The Morgan fingerprint density at radius 1 is 1.37 bits per heavy atom. The Balaban J connectivity index is 2.41. The Hall–Kier alpha value is -1.55. The lowest BCUT2D eigenvalue weighted by Crippen LogP contribution is -2.01. The number of pyridine rings is 1. The molecule has 100 valence electrons. The van der Waals surface area contributed by atoms with E-state index in [1.165, 1.54) is 6.20 Å². The molecule has 0 aliphatic carbocycles. The van der Waals surface area contributed by atoms with Gasteiger partial charge in [-0.25, -0.2) is 4.79 Å². The molecule has 0 radical (unpaired) electrons. The molecule has 2 rings (SSSR count). The first-order valence-electron chi connectivity index (χ1n) is 6.33. The maximum atomic E-state index is 11.3. The fraction of sp³-hybridized carbons (Fsp3) is 0.333. The topological polar surface area (TPSA) is 50.2 Å². The van der Waals surface area contributed by atoms with E-state index in [1.54, 1.807) is 11.8 Å². The Morgan fingerprint density at radius 3 is 2.79 bits per heavy atom. The number of para-hydroxylation sites is 1. The summed E-state index contributed by atoms with van der Waals surface area (Å²) in [5.74, 6) is 0.630. The van der Waals surface area contributed by atoms with E-state index >= 15 is 0 Å². The molecule has 3 nitrogen and oxygen atoms in total. The number of benzene rings is 1. The number of aromatic nitrogens is 1. The molecule has 0 aliphatic rings. The van der Waals surface area contributed by atoms with Crippen molar-refractivity contribution < 1.29 is 9.90 Å². The summed E-state index contributed by atoms with van der Waals surface area (Å²) in [5, 5.41) is 10.2. The van der Waals surface area contributed by atoms with Crippen molar-refractivity contribution in [2.45, 2.75) is 25.2 Å². The number of hydrogen-bond donors (Lipinski definition) is 1. The average Bonchev–Trinajstić information content (AvgIpc) is 2.38. The lowest BCUT2D eigenvalue weighted by atomic mass is 10.1. The molecule has 0 fully saturated rings. The molecule has 1 aromatic carbocycles. The van der Waals surface area contributed by atoms with E-state index in [-0.39, 0.29) is 0 Å². The highest BCUT2D eigenvalue weighted by molar-refractivity contribution is 7.99. The molecule has 1 N–H and O–H groups in total. The van der Waals surface area contributed by atoms with Gasteiger partial charge in [-0.15, -0.1) is 11.8 Å². The monoisotopic (exact) mass is 275 g/mol. The van der Waals surface area contributed by atoms with Crippen molar-refractivity contribution in [2.24, 2.45) is 5.92 Å². The van der Waals surface area contributed by atoms with Gasteiger partial charge < -0.3 is 5.11 Å². The molecule has 0 saturated heterocycles. The lowest BCUT2D eigenvalue weighted by molar-refractivity contribution is 0.0693. The zero-order valence-electron chi connectivity index (χ0n) is 11.1. The predicted molar refractivity (Wildman–Crippen MR) is 78.9 cm³/mol. The van der Waals surface area contributed by atoms with Gasteiger partial charge in [-0.2, -0.15) is 0 Å². The van der Waals surface area contributed by atoms with Crippen LogP contribution in [0.15, 0.2) is 35.4 Å². The molecule has 19 heavy (non-hydrogen) atoms. The maximum Gasteiger partial charge on any atom is 0.338 e. The molecule has 0 saturated carbocycles. The van der Waals surface area contributed by atoms with E-state index in [2.05, 4.69) is 18.8 Å². The standard InChI is InChI=1S/C15H17NO2S/c1-10(2)7-8-19-14-11-5-3-4-6-13(11)16-9-12(14)15(17)18/h3-6,9-10H,7-8H2,1-2H3,(H,17,18). The molecule has 0 bridgehead atoms. The largest absolute Gasteiger partial charge is 0.478 e. The van der Waals surface area contributed by atoms with Crippen LogP contribution < -0.4 is 0 Å². The Labute approximate surface area is 117 Å². The van der Waals surface area contributed by atoms with E-state index < -0.39 is 5.97 Å². The molecule has 4 heteroatoms. The van der Waals surface area contributed by atoms with E-state index in [0.717, 1.165) is 28.0 Å². The number of nitrogens with zero attached hydrogens (tertiary/aromatic N) is 1. The normalized spacial score (nSPS) is 11.1. The van der Waals surface area contributed by atoms with Crippen LogP contribution in [0.4, 0.5) is 0 Å². The van der Waals surface area contributed by atoms with Gasteiger partial charge in [0.05, 0.1) is 11.1 Å². The zero-order chi connectivity index (χ0) is 13.8. The number of fused-ring (bicyclic) bond motifs is 1. The van der Waals surface area contributed by atoms with Crippen LogP contribution in [0.2, 0.25) is 0 Å². The molecule has 1 aromatic heterocycles. The molecule has 0 aliphatic heterocycles. The van der Waals surface area contributed by atoms with Crippen LogP contribution in [0.1, 0.15) is 30.6 Å². The average molecular weight is 275 g/mol. The highest BCUT2D eigenvalue weighted by Crippen LogP contribution is 2.31. The highest BCUT2D eigenvalue weighted by atomic mass is 32.2. The molecule has 1 heterocycles. The summed E-state index contributed by atoms with van der Waals surface area (Å²) < 4.78 is 0. The highest BCUT2D eigenvalue weighted by Gasteiger charge is 2.14. The van der Waals surface area contributed by atoms with Gasteiger partial charge in [0.15, 0.2) is 0 Å². The van der Waals surface area contributed by atoms with Crippen LogP contribution in [0, 0.1) is 5.92 Å². The molecule has 0 unspecified atom stereocenters. The van der Waals surface area contributed by atoms with Crippen molar-refractivity contribution in [3.63, 3.8) is 0 Å². The second-order valence-electron chi connectivity index (χ2n) is 4.85. The molecule has 2 aromatic rings. The summed E-state index contributed by atoms with van der Waals surface area (Å²) in [7, 11) is 0. The van der Waals surface area contributed by atoms with Gasteiger partial charge in [-0.1, -0.05) is 32.0 Å². The summed E-state index contributed by atoms with van der Waals surface area (Å²) in [6.45, 7) is 4.34. The van der Waals surface area contributed by atoms with Crippen LogP contribution in [-0.2, 0) is 0 Å². The fourth-order valence-electron chi connectivity index (χ4n) is 1.82. The van der Waals surface area contributed by atoms with Crippen molar-refractivity contribution >= 4 is 28.6 Å². The number of aromatic carboxylic acids is 1. The summed E-state index contributed by atoms with van der Waals surface area (Å²) in [6, 6.07) is 7.68. The van der Waals surface area contributed by atoms with Gasteiger partial charge in [-0.3, -0.25) is 4.98 Å². The van der Waals surface area contributed by atoms with E-state index in [9.17, 15) is 9.90 Å². The first-order chi connectivity index (χ1) is 9.09. The van der Waals surface area contributed by atoms with Crippen molar-refractivity contribution in [2.75, 3.05) is 5.75 Å². The zero-order valence-corrected chi connectivity index (χ0v) is 11.9. The van der Waals surface area contributed by atoms with Crippen molar-refractivity contribution in [3.05, 3.63) is 36.0 Å². The molecule has 0 atom stereocenters. The van der Waals surface area contributed by atoms with Gasteiger partial charge in [-0.05, 0) is 24.2 Å². The second-order valence-corrected chi connectivity index (χ2v) is 5.96.